The molecule has 3 rings (SSSR count). The average molecular weight is 306 g/mol. The zero-order chi connectivity index (χ0) is 15.7. The summed E-state index contributed by atoms with van der Waals surface area (Å²) in [6.45, 7) is 3.76. The number of benzene rings is 1. The Balaban J connectivity index is 1.69. The van der Waals surface area contributed by atoms with Gasteiger partial charge in [0.05, 0.1) is 7.11 Å². The van der Waals surface area contributed by atoms with Gasteiger partial charge in [-0.15, -0.1) is 0 Å². The Kier molecular flexibility index (Phi) is 4.23. The van der Waals surface area contributed by atoms with Crippen molar-refractivity contribution in [3.05, 3.63) is 35.9 Å². The van der Waals surface area contributed by atoms with Gasteiger partial charge in [-0.05, 0) is 31.5 Å². The van der Waals surface area contributed by atoms with Crippen LogP contribution in [0, 0.1) is 0 Å². The Bertz CT molecular complexity index is 536. The molecule has 4 atom stereocenters. The number of hydrogen-bond donors (Lipinski definition) is 0. The minimum absolute atomic E-state index is 0.179. The fourth-order valence-electron chi connectivity index (χ4n) is 2.85. The molecule has 0 amide bonds. The lowest BCUT2D eigenvalue weighted by Gasteiger charge is -2.23. The van der Waals surface area contributed by atoms with Crippen molar-refractivity contribution in [3.8, 4) is 5.75 Å². The minimum atomic E-state index is -0.628. The normalized spacial score (nSPS) is 33.3. The maximum absolute atomic E-state index is 5.91. The molecule has 1 aromatic carbocycles. The van der Waals surface area contributed by atoms with Crippen LogP contribution in [0.2, 0.25) is 0 Å². The summed E-state index contributed by atoms with van der Waals surface area (Å²) in [6, 6.07) is 7.82. The third-order valence-electron chi connectivity index (χ3n) is 3.89. The van der Waals surface area contributed by atoms with Crippen molar-refractivity contribution in [1.29, 1.82) is 0 Å². The van der Waals surface area contributed by atoms with E-state index in [9.17, 15) is 0 Å². The van der Waals surface area contributed by atoms with Gasteiger partial charge in [-0.2, -0.15) is 0 Å². The SMILES string of the molecule is COc1ccc(/C=C/[C@H]2O[C@@H]3OC(C)(C)O[C@@H]3[C@H]2OC)cc1. The quantitative estimate of drug-likeness (QED) is 0.855. The second kappa shape index (κ2) is 6.01. The van der Waals surface area contributed by atoms with Crippen LogP contribution in [-0.2, 0) is 18.9 Å². The molecule has 2 saturated heterocycles. The van der Waals surface area contributed by atoms with Gasteiger partial charge in [0, 0.05) is 7.11 Å². The summed E-state index contributed by atoms with van der Waals surface area (Å²) in [4.78, 5) is 0. The van der Waals surface area contributed by atoms with Gasteiger partial charge >= 0.3 is 0 Å². The van der Waals surface area contributed by atoms with Gasteiger partial charge in [-0.1, -0.05) is 24.3 Å². The Labute approximate surface area is 130 Å². The summed E-state index contributed by atoms with van der Waals surface area (Å²) >= 11 is 0. The summed E-state index contributed by atoms with van der Waals surface area (Å²) in [5.41, 5.74) is 1.07. The van der Waals surface area contributed by atoms with Crippen molar-refractivity contribution >= 4 is 6.08 Å². The third-order valence-corrected chi connectivity index (χ3v) is 3.89. The second-order valence-electron chi connectivity index (χ2n) is 5.90. The van der Waals surface area contributed by atoms with E-state index >= 15 is 0 Å². The lowest BCUT2D eigenvalue weighted by Crippen LogP contribution is -2.35. The maximum atomic E-state index is 5.91. The molecule has 0 unspecified atom stereocenters. The van der Waals surface area contributed by atoms with Crippen molar-refractivity contribution < 1.29 is 23.7 Å². The highest BCUT2D eigenvalue weighted by Gasteiger charge is 2.54. The van der Waals surface area contributed by atoms with Crippen LogP contribution in [0.3, 0.4) is 0 Å². The predicted octanol–water partition coefficient (Wildman–Crippen LogP) is 2.60. The monoisotopic (exact) mass is 306 g/mol. The van der Waals surface area contributed by atoms with Crippen LogP contribution in [0.15, 0.2) is 30.3 Å². The van der Waals surface area contributed by atoms with E-state index in [-0.39, 0.29) is 24.6 Å². The van der Waals surface area contributed by atoms with Gasteiger partial charge in [-0.25, -0.2) is 0 Å². The highest BCUT2D eigenvalue weighted by Crippen LogP contribution is 2.38. The Morgan fingerprint density at radius 2 is 1.82 bits per heavy atom. The van der Waals surface area contributed by atoms with Gasteiger partial charge in [0.15, 0.2) is 12.1 Å². The van der Waals surface area contributed by atoms with Crippen LogP contribution in [-0.4, -0.2) is 44.6 Å². The molecule has 2 aliphatic rings. The highest BCUT2D eigenvalue weighted by molar-refractivity contribution is 5.51. The van der Waals surface area contributed by atoms with E-state index in [1.807, 2.05) is 50.3 Å². The van der Waals surface area contributed by atoms with E-state index in [0.717, 1.165) is 11.3 Å². The molecular weight excluding hydrogens is 284 g/mol. The third kappa shape index (κ3) is 3.03. The van der Waals surface area contributed by atoms with Gasteiger partial charge in [0.2, 0.25) is 0 Å². The van der Waals surface area contributed by atoms with Crippen molar-refractivity contribution in [2.75, 3.05) is 14.2 Å². The van der Waals surface area contributed by atoms with Gasteiger partial charge < -0.3 is 23.7 Å². The Hall–Kier alpha value is -1.40. The highest BCUT2D eigenvalue weighted by atomic mass is 16.8. The summed E-state index contributed by atoms with van der Waals surface area (Å²) in [5, 5.41) is 0. The number of rotatable bonds is 4. The molecule has 2 heterocycles. The summed E-state index contributed by atoms with van der Waals surface area (Å²) < 4.78 is 28.2. The van der Waals surface area contributed by atoms with E-state index in [4.69, 9.17) is 23.7 Å². The minimum Gasteiger partial charge on any atom is -0.497 e. The molecule has 5 heteroatoms. The topological polar surface area (TPSA) is 46.2 Å². The fraction of sp³-hybridized carbons (Fsp3) is 0.529. The smallest absolute Gasteiger partial charge is 0.190 e. The molecule has 0 N–H and O–H groups in total. The predicted molar refractivity (Wildman–Crippen MR) is 81.5 cm³/mol. The molecular formula is C17H22O5. The van der Waals surface area contributed by atoms with E-state index in [1.165, 1.54) is 0 Å². The van der Waals surface area contributed by atoms with E-state index in [0.29, 0.717) is 0 Å². The Morgan fingerprint density at radius 1 is 1.09 bits per heavy atom. The molecule has 0 radical (unpaired) electrons. The zero-order valence-electron chi connectivity index (χ0n) is 13.3. The first-order valence-electron chi connectivity index (χ1n) is 7.38. The maximum Gasteiger partial charge on any atom is 0.190 e. The fourth-order valence-corrected chi connectivity index (χ4v) is 2.85. The van der Waals surface area contributed by atoms with Crippen LogP contribution in [0.4, 0.5) is 0 Å². The molecule has 1 aromatic rings. The summed E-state index contributed by atoms with van der Waals surface area (Å²) in [6.07, 6.45) is 3.02. The lowest BCUT2D eigenvalue weighted by atomic mass is 10.1. The molecule has 120 valence electrons. The van der Waals surface area contributed by atoms with Crippen molar-refractivity contribution in [2.24, 2.45) is 0 Å². The van der Waals surface area contributed by atoms with Crippen LogP contribution in [0.25, 0.3) is 6.08 Å². The van der Waals surface area contributed by atoms with E-state index in [1.54, 1.807) is 14.2 Å². The number of hydrogen-bond acceptors (Lipinski definition) is 5. The molecule has 2 fully saturated rings. The van der Waals surface area contributed by atoms with Crippen LogP contribution < -0.4 is 4.74 Å². The lowest BCUT2D eigenvalue weighted by molar-refractivity contribution is -0.210. The van der Waals surface area contributed by atoms with Crippen molar-refractivity contribution in [3.63, 3.8) is 0 Å². The first kappa shape index (κ1) is 15.5. The zero-order valence-corrected chi connectivity index (χ0v) is 13.3. The summed E-state index contributed by atoms with van der Waals surface area (Å²) in [7, 11) is 3.32. The molecule has 0 saturated carbocycles. The first-order valence-corrected chi connectivity index (χ1v) is 7.38. The molecule has 0 aromatic heterocycles. The molecule has 22 heavy (non-hydrogen) atoms. The van der Waals surface area contributed by atoms with Crippen LogP contribution >= 0.6 is 0 Å². The summed E-state index contributed by atoms with van der Waals surface area (Å²) in [5.74, 6) is 0.208. The molecule has 5 nitrogen and oxygen atoms in total. The largest absolute Gasteiger partial charge is 0.497 e. The molecule has 0 spiro atoms. The number of ether oxygens (including phenoxy) is 5. The van der Waals surface area contributed by atoms with Crippen molar-refractivity contribution in [2.45, 2.75) is 44.2 Å². The first-order chi connectivity index (χ1) is 10.5. The standard InChI is InChI=1S/C17H22O5/c1-17(2)21-15-14(19-4)13(20-16(15)22-17)10-7-11-5-8-12(18-3)9-6-11/h5-10,13-16H,1-4H3/b10-7+/t13-,14+,15-,16-/m1/s1. The average Bonchev–Trinajstić information content (AvgIpc) is 2.96. The van der Waals surface area contributed by atoms with Gasteiger partial charge in [0.25, 0.3) is 0 Å². The molecule has 0 aliphatic carbocycles. The number of fused-ring (bicyclic) bond motifs is 1. The van der Waals surface area contributed by atoms with Crippen molar-refractivity contribution in [1.82, 2.24) is 0 Å². The van der Waals surface area contributed by atoms with Gasteiger partial charge in [0.1, 0.15) is 24.1 Å². The van der Waals surface area contributed by atoms with Gasteiger partial charge in [-0.3, -0.25) is 0 Å². The number of methoxy groups -OCH3 is 2. The Morgan fingerprint density at radius 3 is 2.45 bits per heavy atom. The van der Waals surface area contributed by atoms with Crippen LogP contribution in [0.1, 0.15) is 19.4 Å². The van der Waals surface area contributed by atoms with Crippen LogP contribution in [0.5, 0.6) is 5.75 Å². The van der Waals surface area contributed by atoms with E-state index in [2.05, 4.69) is 0 Å². The van der Waals surface area contributed by atoms with E-state index < -0.39 is 5.79 Å². The second-order valence-corrected chi connectivity index (χ2v) is 5.90. The molecule has 2 aliphatic heterocycles. The molecule has 0 bridgehead atoms.